The number of H-pyrrole nitrogens is 1. The van der Waals surface area contributed by atoms with Crippen molar-refractivity contribution in [2.45, 2.75) is 19.4 Å². The normalized spacial score (nSPS) is 12.6. The van der Waals surface area contributed by atoms with Crippen LogP contribution in [-0.2, 0) is 4.79 Å². The molecule has 0 aliphatic rings. The summed E-state index contributed by atoms with van der Waals surface area (Å²) in [5.74, 6) is -0.196. The maximum atomic E-state index is 12.7. The lowest BCUT2D eigenvalue weighted by Gasteiger charge is -2.13. The number of hydrogen-bond acceptors (Lipinski definition) is 5. The topological polar surface area (TPSA) is 111 Å². The minimum atomic E-state index is -0.981. The van der Waals surface area contributed by atoms with Crippen molar-refractivity contribution in [1.29, 1.82) is 0 Å². The van der Waals surface area contributed by atoms with Gasteiger partial charge in [0, 0.05) is 10.9 Å². The van der Waals surface area contributed by atoms with Crippen LogP contribution in [0.2, 0.25) is 0 Å². The Balaban J connectivity index is 2.36. The van der Waals surface area contributed by atoms with Gasteiger partial charge in [-0.25, -0.2) is 9.36 Å². The van der Waals surface area contributed by atoms with Crippen molar-refractivity contribution in [2.75, 3.05) is 0 Å². The van der Waals surface area contributed by atoms with E-state index in [9.17, 15) is 14.4 Å². The Morgan fingerprint density at radius 3 is 2.86 bits per heavy atom. The molecule has 0 spiro atoms. The summed E-state index contributed by atoms with van der Waals surface area (Å²) in [6, 6.07) is 2.45. The molecule has 114 valence electrons. The van der Waals surface area contributed by atoms with Gasteiger partial charge in [-0.3, -0.25) is 14.6 Å². The zero-order chi connectivity index (χ0) is 15.9. The third-order valence-corrected chi connectivity index (χ3v) is 4.37. The summed E-state index contributed by atoms with van der Waals surface area (Å²) in [7, 11) is 0. The number of hydrogen-bond donors (Lipinski definition) is 2. The largest absolute Gasteiger partial charge is 0.464 e. The fraction of sp³-hybridized carbons (Fsp3) is 0.214. The molecule has 1 unspecified atom stereocenters. The second-order valence-corrected chi connectivity index (χ2v) is 5.64. The van der Waals surface area contributed by atoms with Crippen molar-refractivity contribution < 1.29 is 9.21 Å². The molecule has 0 radical (unpaired) electrons. The number of nitrogens with zero attached hydrogens (tertiary/aromatic N) is 1. The molecule has 0 aliphatic heterocycles. The van der Waals surface area contributed by atoms with Crippen molar-refractivity contribution in [1.82, 2.24) is 9.55 Å². The lowest BCUT2D eigenvalue weighted by molar-refractivity contribution is -0.121. The van der Waals surface area contributed by atoms with Crippen LogP contribution in [0.5, 0.6) is 0 Å². The van der Waals surface area contributed by atoms with E-state index >= 15 is 0 Å². The van der Waals surface area contributed by atoms with E-state index in [1.165, 1.54) is 17.6 Å². The van der Waals surface area contributed by atoms with Crippen LogP contribution in [0, 0.1) is 0 Å². The maximum Gasteiger partial charge on any atom is 0.330 e. The average Bonchev–Trinajstić information content (AvgIpc) is 3.11. The van der Waals surface area contributed by atoms with E-state index in [0.717, 1.165) is 4.57 Å². The van der Waals surface area contributed by atoms with Crippen molar-refractivity contribution in [3.8, 4) is 11.3 Å². The highest BCUT2D eigenvalue weighted by Crippen LogP contribution is 2.30. The van der Waals surface area contributed by atoms with E-state index in [1.807, 2.05) is 0 Å². The number of aromatic nitrogens is 2. The Kier molecular flexibility index (Phi) is 3.45. The van der Waals surface area contributed by atoms with Crippen molar-refractivity contribution in [2.24, 2.45) is 5.73 Å². The summed E-state index contributed by atoms with van der Waals surface area (Å²) in [5.41, 5.74) is 4.70. The first-order valence-corrected chi connectivity index (χ1v) is 7.51. The molecule has 0 aromatic carbocycles. The Hall–Kier alpha value is -2.61. The first-order chi connectivity index (χ1) is 10.5. The molecule has 3 rings (SSSR count). The molecule has 3 N–H and O–H groups in total. The molecular weight excluding hydrogens is 306 g/mol. The van der Waals surface area contributed by atoms with E-state index in [4.69, 9.17) is 10.2 Å². The molecule has 0 fully saturated rings. The van der Waals surface area contributed by atoms with Gasteiger partial charge in [0.2, 0.25) is 5.91 Å². The average molecular weight is 319 g/mol. The fourth-order valence-electron chi connectivity index (χ4n) is 2.44. The Labute approximate surface area is 128 Å². The second-order valence-electron chi connectivity index (χ2n) is 4.76. The molecule has 8 heteroatoms. The number of rotatable bonds is 4. The van der Waals surface area contributed by atoms with Crippen molar-refractivity contribution in [3.05, 3.63) is 44.6 Å². The third kappa shape index (κ3) is 2.08. The standard InChI is InChI=1S/C14H13N3O4S/c1-2-8(11(15)18)17-13(19)10-7(9-4-3-5-21-9)6-22-12(10)16-14(17)20/h3-6,8H,2H2,1H3,(H2,15,18)(H,16,20). The number of primary amides is 1. The number of carbonyl (C=O) groups excluding carboxylic acids is 1. The molecule has 22 heavy (non-hydrogen) atoms. The molecule has 0 bridgehead atoms. The van der Waals surface area contributed by atoms with Gasteiger partial charge < -0.3 is 10.2 Å². The Morgan fingerprint density at radius 2 is 2.27 bits per heavy atom. The monoisotopic (exact) mass is 319 g/mol. The number of amides is 1. The zero-order valence-corrected chi connectivity index (χ0v) is 12.5. The number of aromatic amines is 1. The van der Waals surface area contributed by atoms with Crippen LogP contribution in [0.4, 0.5) is 0 Å². The molecule has 1 atom stereocenters. The Bertz CT molecular complexity index is 949. The summed E-state index contributed by atoms with van der Waals surface area (Å²) >= 11 is 1.23. The number of furan rings is 1. The van der Waals surface area contributed by atoms with E-state index in [-0.39, 0.29) is 6.42 Å². The number of carbonyl (C=O) groups is 1. The number of nitrogens with two attached hydrogens (primary N) is 1. The van der Waals surface area contributed by atoms with E-state index in [1.54, 1.807) is 24.4 Å². The van der Waals surface area contributed by atoms with Crippen LogP contribution >= 0.6 is 11.3 Å². The first-order valence-electron chi connectivity index (χ1n) is 6.63. The minimum absolute atomic E-state index is 0.254. The van der Waals surface area contributed by atoms with Gasteiger partial charge in [0.25, 0.3) is 5.56 Å². The fourth-order valence-corrected chi connectivity index (χ4v) is 3.37. The smallest absolute Gasteiger partial charge is 0.330 e. The number of nitrogens with one attached hydrogen (secondary N) is 1. The van der Waals surface area contributed by atoms with Crippen molar-refractivity contribution >= 4 is 27.5 Å². The van der Waals surface area contributed by atoms with Crippen LogP contribution in [0.3, 0.4) is 0 Å². The summed E-state index contributed by atoms with van der Waals surface area (Å²) in [4.78, 5) is 39.5. The van der Waals surface area contributed by atoms with E-state index < -0.39 is 23.2 Å². The maximum absolute atomic E-state index is 12.7. The van der Waals surface area contributed by atoms with Crippen LogP contribution in [0.1, 0.15) is 19.4 Å². The third-order valence-electron chi connectivity index (χ3n) is 3.48. The highest BCUT2D eigenvalue weighted by atomic mass is 32.1. The zero-order valence-electron chi connectivity index (χ0n) is 11.7. The molecule has 3 aromatic rings. The lowest BCUT2D eigenvalue weighted by atomic mass is 10.1. The van der Waals surface area contributed by atoms with Crippen molar-refractivity contribution in [3.63, 3.8) is 0 Å². The second kappa shape index (κ2) is 5.30. The van der Waals surface area contributed by atoms with Gasteiger partial charge in [-0.1, -0.05) is 6.92 Å². The van der Waals surface area contributed by atoms with E-state index in [0.29, 0.717) is 21.5 Å². The van der Waals surface area contributed by atoms with Gasteiger partial charge in [-0.2, -0.15) is 0 Å². The lowest BCUT2D eigenvalue weighted by Crippen LogP contribution is -2.42. The molecule has 3 heterocycles. The molecular formula is C14H13N3O4S. The van der Waals surface area contributed by atoms with Gasteiger partial charge in [-0.05, 0) is 18.6 Å². The molecule has 7 nitrogen and oxygen atoms in total. The molecule has 3 aromatic heterocycles. The minimum Gasteiger partial charge on any atom is -0.464 e. The molecule has 1 amide bonds. The Morgan fingerprint density at radius 1 is 1.50 bits per heavy atom. The summed E-state index contributed by atoms with van der Waals surface area (Å²) in [6.07, 6.45) is 1.76. The van der Waals surface area contributed by atoms with Crippen LogP contribution in [0.25, 0.3) is 21.5 Å². The van der Waals surface area contributed by atoms with Gasteiger partial charge in [0.1, 0.15) is 16.6 Å². The van der Waals surface area contributed by atoms with Crippen LogP contribution in [0.15, 0.2) is 37.8 Å². The van der Waals surface area contributed by atoms with Crippen LogP contribution < -0.4 is 17.0 Å². The van der Waals surface area contributed by atoms with E-state index in [2.05, 4.69) is 4.98 Å². The summed E-state index contributed by atoms with van der Waals surface area (Å²) < 4.78 is 6.20. The van der Waals surface area contributed by atoms with Gasteiger partial charge in [0.05, 0.1) is 11.6 Å². The summed E-state index contributed by atoms with van der Waals surface area (Å²) in [5, 5.41) is 2.05. The number of fused-ring (bicyclic) bond motifs is 1. The van der Waals surface area contributed by atoms with Gasteiger partial charge in [0.15, 0.2) is 0 Å². The highest BCUT2D eigenvalue weighted by molar-refractivity contribution is 7.17. The molecule has 0 aliphatic carbocycles. The SMILES string of the molecule is CCC(C(N)=O)n1c(=O)[nH]c2scc(-c3ccco3)c2c1=O. The predicted octanol–water partition coefficient (Wildman–Crippen LogP) is 1.45. The summed E-state index contributed by atoms with van der Waals surface area (Å²) in [6.45, 7) is 1.69. The highest BCUT2D eigenvalue weighted by Gasteiger charge is 2.23. The van der Waals surface area contributed by atoms with Crippen LogP contribution in [-0.4, -0.2) is 15.5 Å². The molecule has 0 saturated heterocycles. The van der Waals surface area contributed by atoms with Gasteiger partial charge in [-0.15, -0.1) is 11.3 Å². The molecule has 0 saturated carbocycles. The number of thiophene rings is 1. The van der Waals surface area contributed by atoms with Gasteiger partial charge >= 0.3 is 5.69 Å². The quantitative estimate of drug-likeness (QED) is 0.758. The predicted molar refractivity (Wildman–Crippen MR) is 82.9 cm³/mol. The first kappa shape index (κ1) is 14.3.